The fourth-order valence-electron chi connectivity index (χ4n) is 3.20. The van der Waals surface area contributed by atoms with Crippen molar-refractivity contribution in [3.05, 3.63) is 54.6 Å². The summed E-state index contributed by atoms with van der Waals surface area (Å²) in [5.41, 5.74) is 2.12. The first kappa shape index (κ1) is 21.4. The average Bonchev–Trinajstić information content (AvgIpc) is 2.72. The van der Waals surface area contributed by atoms with Gasteiger partial charge in [0.25, 0.3) is 0 Å². The fourth-order valence-corrected chi connectivity index (χ4v) is 3.20. The Morgan fingerprint density at radius 1 is 0.630 bits per heavy atom. The number of aromatic nitrogens is 1. The minimum atomic E-state index is 1.06. The van der Waals surface area contributed by atoms with Crippen LogP contribution in [0.4, 0.5) is 0 Å². The molecule has 0 radical (unpaired) electrons. The zero-order valence-corrected chi connectivity index (χ0v) is 17.5. The van der Waals surface area contributed by atoms with Gasteiger partial charge >= 0.3 is 0 Å². The smallest absolute Gasteiger partial charge is 0.0709 e. The Bertz CT molecular complexity index is 657. The first-order valence-corrected chi connectivity index (χ1v) is 10.7. The van der Waals surface area contributed by atoms with Crippen molar-refractivity contribution in [3.8, 4) is 0 Å². The zero-order valence-electron chi connectivity index (χ0n) is 17.5. The van der Waals surface area contributed by atoms with Crippen LogP contribution in [0.25, 0.3) is 21.8 Å². The number of hydrogen-bond donors (Lipinski definition) is 0. The second-order valence-corrected chi connectivity index (χ2v) is 7.28. The molecule has 0 aliphatic heterocycles. The molecule has 2 heteroatoms. The number of hydrogen-bond acceptors (Lipinski definition) is 2. The van der Waals surface area contributed by atoms with E-state index in [-0.39, 0.29) is 0 Å². The van der Waals surface area contributed by atoms with Crippen LogP contribution in [0, 0.1) is 0 Å². The lowest BCUT2D eigenvalue weighted by molar-refractivity contribution is 0.261. The van der Waals surface area contributed by atoms with Crippen LogP contribution >= 0.6 is 0 Å². The first-order chi connectivity index (χ1) is 13.3. The molecule has 3 rings (SSSR count). The normalized spacial score (nSPS) is 11.0. The van der Waals surface area contributed by atoms with Gasteiger partial charge in [0.1, 0.15) is 0 Å². The third-order valence-electron chi connectivity index (χ3n) is 4.91. The van der Waals surface area contributed by atoms with Gasteiger partial charge in [0.15, 0.2) is 0 Å². The minimum absolute atomic E-state index is 1.06. The molecular formula is C25H36N2. The lowest BCUT2D eigenvalue weighted by Gasteiger charge is -2.21. The molecule has 0 atom stereocenters. The van der Waals surface area contributed by atoms with Crippen LogP contribution in [0.5, 0.6) is 0 Å². The second kappa shape index (κ2) is 12.5. The fraction of sp³-hybridized carbons (Fsp3) is 0.480. The van der Waals surface area contributed by atoms with E-state index in [0.717, 1.165) is 11.0 Å². The summed E-state index contributed by atoms with van der Waals surface area (Å²) < 4.78 is 0. The Hall–Kier alpha value is -1.93. The van der Waals surface area contributed by atoms with Crippen molar-refractivity contribution in [2.75, 3.05) is 19.6 Å². The Morgan fingerprint density at radius 3 is 1.44 bits per heavy atom. The van der Waals surface area contributed by atoms with Crippen molar-refractivity contribution in [1.29, 1.82) is 0 Å². The number of unbranched alkanes of at least 4 members (excludes halogenated alkanes) is 3. The summed E-state index contributed by atoms with van der Waals surface area (Å²) in [5.74, 6) is 0. The number of benzene rings is 2. The molecule has 0 bridgehead atoms. The van der Waals surface area contributed by atoms with Crippen LogP contribution in [0.2, 0.25) is 0 Å². The number of nitrogens with zero attached hydrogens (tertiary/aromatic N) is 2. The van der Waals surface area contributed by atoms with Crippen LogP contribution < -0.4 is 0 Å². The lowest BCUT2D eigenvalue weighted by atomic mass is 10.1. The summed E-state index contributed by atoms with van der Waals surface area (Å²) in [6, 6.07) is 18.6. The lowest BCUT2D eigenvalue weighted by Crippen LogP contribution is -2.27. The van der Waals surface area contributed by atoms with Crippen LogP contribution in [-0.2, 0) is 0 Å². The Balaban J connectivity index is 0.000000195. The predicted octanol–water partition coefficient (Wildman–Crippen LogP) is 7.08. The molecule has 3 aromatic rings. The predicted molar refractivity (Wildman–Crippen MR) is 120 cm³/mol. The van der Waals surface area contributed by atoms with Crippen LogP contribution in [0.1, 0.15) is 59.3 Å². The van der Waals surface area contributed by atoms with Gasteiger partial charge in [-0.1, -0.05) is 76.4 Å². The van der Waals surface area contributed by atoms with Crippen LogP contribution in [0.15, 0.2) is 54.6 Å². The van der Waals surface area contributed by atoms with Gasteiger partial charge < -0.3 is 4.90 Å². The van der Waals surface area contributed by atoms with Gasteiger partial charge in [-0.2, -0.15) is 0 Å². The monoisotopic (exact) mass is 364 g/mol. The van der Waals surface area contributed by atoms with Crippen LogP contribution in [0.3, 0.4) is 0 Å². The summed E-state index contributed by atoms with van der Waals surface area (Å²) in [6.07, 6.45) is 8.09. The highest BCUT2D eigenvalue weighted by molar-refractivity contribution is 5.92. The summed E-state index contributed by atoms with van der Waals surface area (Å²) in [4.78, 5) is 7.21. The van der Waals surface area contributed by atoms with Gasteiger partial charge in [0, 0.05) is 10.8 Å². The highest BCUT2D eigenvalue weighted by Gasteiger charge is 2.02. The largest absolute Gasteiger partial charge is 0.303 e. The van der Waals surface area contributed by atoms with Crippen molar-refractivity contribution in [1.82, 2.24) is 9.88 Å². The summed E-state index contributed by atoms with van der Waals surface area (Å²) in [5, 5.41) is 2.40. The van der Waals surface area contributed by atoms with E-state index in [1.165, 1.54) is 68.9 Å². The van der Waals surface area contributed by atoms with Gasteiger partial charge in [-0.05, 0) is 57.1 Å². The molecule has 0 amide bonds. The minimum Gasteiger partial charge on any atom is -0.303 e. The van der Waals surface area contributed by atoms with E-state index in [4.69, 9.17) is 0 Å². The van der Waals surface area contributed by atoms with Gasteiger partial charge in [-0.25, -0.2) is 4.98 Å². The Morgan fingerprint density at radius 2 is 1.04 bits per heavy atom. The Kier molecular flexibility index (Phi) is 9.86. The molecule has 1 heterocycles. The van der Waals surface area contributed by atoms with E-state index in [0.29, 0.717) is 0 Å². The topological polar surface area (TPSA) is 16.1 Å². The van der Waals surface area contributed by atoms with E-state index in [1.54, 1.807) is 0 Å². The van der Waals surface area contributed by atoms with E-state index in [2.05, 4.69) is 48.9 Å². The maximum Gasteiger partial charge on any atom is 0.0709 e. The molecule has 0 N–H and O–H groups in total. The van der Waals surface area contributed by atoms with E-state index >= 15 is 0 Å². The summed E-state index contributed by atoms with van der Waals surface area (Å²) in [6.45, 7) is 10.8. The summed E-state index contributed by atoms with van der Waals surface area (Å²) >= 11 is 0. The number of rotatable bonds is 9. The van der Waals surface area contributed by atoms with Gasteiger partial charge in [0.2, 0.25) is 0 Å². The maximum absolute atomic E-state index is 4.58. The molecule has 0 saturated carbocycles. The third-order valence-corrected chi connectivity index (χ3v) is 4.91. The SMILES string of the molecule is CCCCN(CCCC)CCCC.c1ccc2nc3ccccc3cc2c1. The van der Waals surface area contributed by atoms with Crippen molar-refractivity contribution < 1.29 is 0 Å². The molecule has 146 valence electrons. The van der Waals surface area contributed by atoms with Crippen LogP contribution in [-0.4, -0.2) is 29.5 Å². The third kappa shape index (κ3) is 7.30. The molecule has 27 heavy (non-hydrogen) atoms. The molecule has 0 aliphatic carbocycles. The number of para-hydroxylation sites is 2. The average molecular weight is 365 g/mol. The molecule has 2 nitrogen and oxygen atoms in total. The molecule has 0 saturated heterocycles. The molecule has 0 unspecified atom stereocenters. The first-order valence-electron chi connectivity index (χ1n) is 10.7. The van der Waals surface area contributed by atoms with E-state index in [1.807, 2.05) is 36.4 Å². The van der Waals surface area contributed by atoms with E-state index < -0.39 is 0 Å². The van der Waals surface area contributed by atoms with Gasteiger partial charge in [0.05, 0.1) is 11.0 Å². The highest BCUT2D eigenvalue weighted by Crippen LogP contribution is 2.18. The Labute approximate surface area is 165 Å². The molecule has 1 aromatic heterocycles. The molecule has 0 fully saturated rings. The van der Waals surface area contributed by atoms with Crippen molar-refractivity contribution >= 4 is 21.8 Å². The zero-order chi connectivity index (χ0) is 19.3. The molecule has 0 aliphatic rings. The van der Waals surface area contributed by atoms with E-state index in [9.17, 15) is 0 Å². The van der Waals surface area contributed by atoms with Gasteiger partial charge in [-0.3, -0.25) is 0 Å². The number of pyridine rings is 1. The maximum atomic E-state index is 4.58. The molecule has 0 spiro atoms. The quantitative estimate of drug-likeness (QED) is 0.377. The molecular weight excluding hydrogens is 328 g/mol. The second-order valence-electron chi connectivity index (χ2n) is 7.28. The standard InChI is InChI=1S/C13H9N.C12H27N/c1-3-7-12-10(5-1)9-11-6-2-4-8-13(11)14-12;1-4-7-10-13(11-8-5-2)12-9-6-3/h1-9H;4-12H2,1-3H3. The highest BCUT2D eigenvalue weighted by atomic mass is 15.1. The molecule has 2 aromatic carbocycles. The van der Waals surface area contributed by atoms with Crippen molar-refractivity contribution in [2.24, 2.45) is 0 Å². The van der Waals surface area contributed by atoms with Crippen molar-refractivity contribution in [3.63, 3.8) is 0 Å². The van der Waals surface area contributed by atoms with Gasteiger partial charge in [-0.15, -0.1) is 0 Å². The number of fused-ring (bicyclic) bond motifs is 2. The summed E-state index contributed by atoms with van der Waals surface area (Å²) in [7, 11) is 0. The van der Waals surface area contributed by atoms with Crippen molar-refractivity contribution in [2.45, 2.75) is 59.3 Å².